The number of allylic oxidation sites excluding steroid dienone is 1. The van der Waals surface area contributed by atoms with Crippen LogP contribution in [-0.2, 0) is 9.59 Å². The Balaban J connectivity index is 2.54. The van der Waals surface area contributed by atoms with Crippen LogP contribution in [0.4, 0.5) is 0 Å². The molecule has 1 N–H and O–H groups in total. The van der Waals surface area contributed by atoms with Gasteiger partial charge in [-0.1, -0.05) is 23.7 Å². The summed E-state index contributed by atoms with van der Waals surface area (Å²) >= 11 is 5.94. The molecule has 21 heavy (non-hydrogen) atoms. The molecule has 0 unspecified atom stereocenters. The number of nitrogens with one attached hydrogen (secondary N) is 1. The van der Waals surface area contributed by atoms with E-state index in [2.05, 4.69) is 5.32 Å². The van der Waals surface area contributed by atoms with Gasteiger partial charge in [-0.2, -0.15) is 0 Å². The third kappa shape index (κ3) is 6.45. The fraction of sp³-hybridized carbons (Fsp3) is 0.375. The molecular weight excluding hydrogens is 288 g/mol. The van der Waals surface area contributed by atoms with E-state index < -0.39 is 0 Å². The summed E-state index contributed by atoms with van der Waals surface area (Å²) in [4.78, 5) is 24.4. The molecule has 0 atom stereocenters. The third-order valence-corrected chi connectivity index (χ3v) is 3.28. The van der Waals surface area contributed by atoms with Crippen molar-refractivity contribution in [3.05, 3.63) is 40.9 Å². The Hall–Kier alpha value is -1.81. The van der Waals surface area contributed by atoms with Gasteiger partial charge in [-0.3, -0.25) is 9.59 Å². The van der Waals surface area contributed by atoms with Gasteiger partial charge >= 0.3 is 0 Å². The zero-order chi connectivity index (χ0) is 15.8. The maximum Gasteiger partial charge on any atom is 0.246 e. The van der Waals surface area contributed by atoms with Crippen LogP contribution in [-0.4, -0.2) is 36.9 Å². The number of amides is 2. The number of benzene rings is 1. The maximum atomic E-state index is 12.1. The summed E-state index contributed by atoms with van der Waals surface area (Å²) in [6.45, 7) is 4.53. The molecule has 0 spiro atoms. The Kier molecular flexibility index (Phi) is 6.96. The average molecular weight is 309 g/mol. The van der Waals surface area contributed by atoms with Crippen molar-refractivity contribution in [2.75, 3.05) is 20.1 Å². The molecule has 0 aromatic heterocycles. The molecule has 1 aromatic rings. The van der Waals surface area contributed by atoms with Gasteiger partial charge < -0.3 is 10.2 Å². The molecular formula is C16H21ClN2O2. The van der Waals surface area contributed by atoms with Crippen molar-refractivity contribution in [1.29, 1.82) is 0 Å². The van der Waals surface area contributed by atoms with Gasteiger partial charge in [0.1, 0.15) is 0 Å². The molecule has 0 saturated heterocycles. The Bertz CT molecular complexity index is 541. The molecule has 0 heterocycles. The van der Waals surface area contributed by atoms with Crippen molar-refractivity contribution in [3.8, 4) is 0 Å². The first-order valence-corrected chi connectivity index (χ1v) is 7.21. The first-order chi connectivity index (χ1) is 9.90. The molecule has 0 aliphatic heterocycles. The summed E-state index contributed by atoms with van der Waals surface area (Å²) in [5.41, 5.74) is 1.80. The van der Waals surface area contributed by atoms with E-state index >= 15 is 0 Å². The lowest BCUT2D eigenvalue weighted by molar-refractivity contribution is -0.124. The highest BCUT2D eigenvalue weighted by atomic mass is 35.5. The molecule has 0 bridgehead atoms. The highest BCUT2D eigenvalue weighted by molar-refractivity contribution is 6.30. The first-order valence-electron chi connectivity index (χ1n) is 6.84. The monoisotopic (exact) mass is 308 g/mol. The average Bonchev–Trinajstić information content (AvgIpc) is 2.43. The highest BCUT2D eigenvalue weighted by Crippen LogP contribution is 2.18. The third-order valence-electron chi connectivity index (χ3n) is 3.04. The topological polar surface area (TPSA) is 49.4 Å². The summed E-state index contributed by atoms with van der Waals surface area (Å²) in [6, 6.07) is 7.41. The quantitative estimate of drug-likeness (QED) is 0.649. The van der Waals surface area contributed by atoms with E-state index in [1.165, 1.54) is 6.92 Å². The van der Waals surface area contributed by atoms with Gasteiger partial charge in [0.2, 0.25) is 11.8 Å². The lowest BCUT2D eigenvalue weighted by Crippen LogP contribution is -2.29. The van der Waals surface area contributed by atoms with Crippen molar-refractivity contribution in [2.45, 2.75) is 20.3 Å². The maximum absolute atomic E-state index is 12.1. The van der Waals surface area contributed by atoms with E-state index in [4.69, 9.17) is 11.6 Å². The standard InChI is InChI=1S/C16H21ClN2O2/c1-12(14-6-4-7-15(17)11-14)10-16(21)19(3)9-5-8-18-13(2)20/h4,6-7,10-11H,5,8-9H2,1-3H3,(H,18,20)/b12-10-. The van der Waals surface area contributed by atoms with E-state index in [-0.39, 0.29) is 11.8 Å². The fourth-order valence-electron chi connectivity index (χ4n) is 1.80. The summed E-state index contributed by atoms with van der Waals surface area (Å²) in [7, 11) is 1.75. The number of hydrogen-bond acceptors (Lipinski definition) is 2. The number of carbonyl (C=O) groups excluding carboxylic acids is 2. The SMILES string of the molecule is CC(=O)NCCCN(C)C(=O)/C=C(/C)c1cccc(Cl)c1. The van der Waals surface area contributed by atoms with E-state index in [0.29, 0.717) is 18.1 Å². The summed E-state index contributed by atoms with van der Waals surface area (Å²) < 4.78 is 0. The fourth-order valence-corrected chi connectivity index (χ4v) is 1.99. The van der Waals surface area contributed by atoms with Gasteiger partial charge in [-0.15, -0.1) is 0 Å². The normalized spacial score (nSPS) is 11.1. The molecule has 0 fully saturated rings. The lowest BCUT2D eigenvalue weighted by atomic mass is 10.1. The molecule has 114 valence electrons. The van der Waals surface area contributed by atoms with Crippen LogP contribution in [0.1, 0.15) is 25.8 Å². The zero-order valence-electron chi connectivity index (χ0n) is 12.6. The van der Waals surface area contributed by atoms with Crippen LogP contribution >= 0.6 is 11.6 Å². The van der Waals surface area contributed by atoms with Crippen LogP contribution in [0.3, 0.4) is 0 Å². The minimum absolute atomic E-state index is 0.0549. The van der Waals surface area contributed by atoms with Gasteiger partial charge in [0.05, 0.1) is 0 Å². The molecule has 0 radical (unpaired) electrons. The summed E-state index contributed by atoms with van der Waals surface area (Å²) in [5, 5.41) is 3.36. The number of hydrogen-bond donors (Lipinski definition) is 1. The second kappa shape index (κ2) is 8.47. The molecule has 1 rings (SSSR count). The van der Waals surface area contributed by atoms with Crippen molar-refractivity contribution in [3.63, 3.8) is 0 Å². The molecule has 0 aliphatic carbocycles. The number of likely N-dealkylation sites (N-methyl/N-ethyl adjacent to an activating group) is 1. The summed E-state index contributed by atoms with van der Waals surface area (Å²) in [6.07, 6.45) is 2.33. The minimum Gasteiger partial charge on any atom is -0.356 e. The van der Waals surface area contributed by atoms with Gasteiger partial charge in [-0.25, -0.2) is 0 Å². The number of halogens is 1. The predicted molar refractivity (Wildman–Crippen MR) is 86.0 cm³/mol. The molecule has 4 nitrogen and oxygen atoms in total. The Labute approximate surface area is 130 Å². The van der Waals surface area contributed by atoms with Crippen molar-refractivity contribution >= 4 is 29.0 Å². The Morgan fingerprint density at radius 3 is 2.67 bits per heavy atom. The number of rotatable bonds is 6. The van der Waals surface area contributed by atoms with Crippen molar-refractivity contribution < 1.29 is 9.59 Å². The lowest BCUT2D eigenvalue weighted by Gasteiger charge is -2.15. The van der Waals surface area contributed by atoms with Gasteiger partial charge in [-0.05, 0) is 36.6 Å². The van der Waals surface area contributed by atoms with E-state index in [9.17, 15) is 9.59 Å². The Morgan fingerprint density at radius 1 is 1.33 bits per heavy atom. The largest absolute Gasteiger partial charge is 0.356 e. The van der Waals surface area contributed by atoms with Crippen molar-refractivity contribution in [2.24, 2.45) is 0 Å². The smallest absolute Gasteiger partial charge is 0.246 e. The van der Waals surface area contributed by atoms with Crippen LogP contribution in [0.25, 0.3) is 5.57 Å². The van der Waals surface area contributed by atoms with Crippen LogP contribution in [0.5, 0.6) is 0 Å². The Morgan fingerprint density at radius 2 is 2.05 bits per heavy atom. The zero-order valence-corrected chi connectivity index (χ0v) is 13.4. The van der Waals surface area contributed by atoms with Gasteiger partial charge in [0.25, 0.3) is 0 Å². The van der Waals surface area contributed by atoms with Crippen LogP contribution in [0.15, 0.2) is 30.3 Å². The van der Waals surface area contributed by atoms with Gasteiger partial charge in [0, 0.05) is 38.2 Å². The predicted octanol–water partition coefficient (Wildman–Crippen LogP) is 2.73. The first kappa shape index (κ1) is 17.2. The summed E-state index contributed by atoms with van der Waals surface area (Å²) in [5.74, 6) is -0.115. The minimum atomic E-state index is -0.0599. The number of carbonyl (C=O) groups is 2. The molecule has 5 heteroatoms. The molecule has 1 aromatic carbocycles. The second-order valence-electron chi connectivity index (χ2n) is 4.93. The van der Waals surface area contributed by atoms with Gasteiger partial charge in [0.15, 0.2) is 0 Å². The highest BCUT2D eigenvalue weighted by Gasteiger charge is 2.07. The van der Waals surface area contributed by atoms with Crippen LogP contribution in [0.2, 0.25) is 5.02 Å². The van der Waals surface area contributed by atoms with E-state index in [1.807, 2.05) is 25.1 Å². The second-order valence-corrected chi connectivity index (χ2v) is 5.37. The van der Waals surface area contributed by atoms with E-state index in [0.717, 1.165) is 17.6 Å². The van der Waals surface area contributed by atoms with Crippen LogP contribution in [0, 0.1) is 0 Å². The van der Waals surface area contributed by atoms with E-state index in [1.54, 1.807) is 24.1 Å². The van der Waals surface area contributed by atoms with Crippen LogP contribution < -0.4 is 5.32 Å². The molecule has 0 aliphatic rings. The number of nitrogens with zero attached hydrogens (tertiary/aromatic N) is 1. The molecule has 2 amide bonds. The molecule has 0 saturated carbocycles. The van der Waals surface area contributed by atoms with Crippen molar-refractivity contribution in [1.82, 2.24) is 10.2 Å².